The first-order chi connectivity index (χ1) is 12.9. The van der Waals surface area contributed by atoms with Gasteiger partial charge in [0.2, 0.25) is 0 Å². The van der Waals surface area contributed by atoms with Crippen LogP contribution in [0.1, 0.15) is 24.0 Å². The van der Waals surface area contributed by atoms with E-state index < -0.39 is 0 Å². The molecular formula is C20H22N4OS. The predicted octanol–water partition coefficient (Wildman–Crippen LogP) is 3.78. The third-order valence-electron chi connectivity index (χ3n) is 4.60. The van der Waals surface area contributed by atoms with E-state index in [0.29, 0.717) is 12.7 Å². The van der Waals surface area contributed by atoms with Crippen molar-refractivity contribution >= 4 is 11.3 Å². The topological polar surface area (TPSA) is 51.1 Å². The van der Waals surface area contributed by atoms with Crippen LogP contribution in [0.2, 0.25) is 0 Å². The van der Waals surface area contributed by atoms with Gasteiger partial charge in [-0.15, -0.1) is 11.3 Å². The summed E-state index contributed by atoms with van der Waals surface area (Å²) in [7, 11) is 0. The number of hydrogen-bond acceptors (Lipinski definition) is 6. The Hall–Kier alpha value is -2.15. The van der Waals surface area contributed by atoms with Gasteiger partial charge in [-0.1, -0.05) is 12.1 Å². The van der Waals surface area contributed by atoms with Crippen LogP contribution in [0, 0.1) is 0 Å². The van der Waals surface area contributed by atoms with Crippen molar-refractivity contribution in [3.63, 3.8) is 0 Å². The highest BCUT2D eigenvalue weighted by Crippen LogP contribution is 2.21. The molecule has 4 heterocycles. The van der Waals surface area contributed by atoms with Gasteiger partial charge in [-0.25, -0.2) is 9.97 Å². The molecule has 0 bridgehead atoms. The Labute approximate surface area is 157 Å². The van der Waals surface area contributed by atoms with Crippen LogP contribution in [0.3, 0.4) is 0 Å². The smallest absolute Gasteiger partial charge is 0.169 e. The molecule has 0 amide bonds. The lowest BCUT2D eigenvalue weighted by Gasteiger charge is -2.31. The van der Waals surface area contributed by atoms with E-state index in [1.165, 1.54) is 5.56 Å². The van der Waals surface area contributed by atoms with Gasteiger partial charge in [0.25, 0.3) is 0 Å². The fourth-order valence-electron chi connectivity index (χ4n) is 3.16. The molecule has 0 unspecified atom stereocenters. The number of likely N-dealkylation sites (tertiary alicyclic amines) is 1. The van der Waals surface area contributed by atoms with E-state index in [2.05, 4.69) is 32.0 Å². The number of thiophene rings is 1. The average Bonchev–Trinajstić information content (AvgIpc) is 3.24. The molecule has 4 rings (SSSR count). The molecule has 0 aromatic carbocycles. The van der Waals surface area contributed by atoms with E-state index >= 15 is 0 Å². The maximum atomic E-state index is 6.03. The predicted molar refractivity (Wildman–Crippen MR) is 103 cm³/mol. The fourth-order valence-corrected chi connectivity index (χ4v) is 3.83. The Morgan fingerprint density at radius 1 is 1.04 bits per heavy atom. The molecule has 0 spiro atoms. The van der Waals surface area contributed by atoms with Gasteiger partial charge >= 0.3 is 0 Å². The standard InChI is InChI=1S/C20H22N4OS/c1-3-16(11-21-7-1)15-25-18-5-8-24(9-6-18)14-17-12-22-20(23-13-17)19-4-2-10-26-19/h1-4,7,10-13,18H,5-6,8-9,14-15H2. The van der Waals surface area contributed by atoms with E-state index in [1.807, 2.05) is 36.1 Å². The summed E-state index contributed by atoms with van der Waals surface area (Å²) >= 11 is 1.67. The van der Waals surface area contributed by atoms with Gasteiger partial charge in [-0.3, -0.25) is 9.88 Å². The molecular weight excluding hydrogens is 344 g/mol. The molecule has 1 fully saturated rings. The molecule has 0 aliphatic carbocycles. The van der Waals surface area contributed by atoms with Gasteiger partial charge in [-0.05, 0) is 35.9 Å². The summed E-state index contributed by atoms with van der Waals surface area (Å²) in [6.45, 7) is 3.64. The molecule has 5 nitrogen and oxygen atoms in total. The Balaban J connectivity index is 1.23. The second-order valence-electron chi connectivity index (χ2n) is 6.54. The molecule has 0 saturated carbocycles. The molecule has 1 saturated heterocycles. The van der Waals surface area contributed by atoms with Gasteiger partial charge in [0.1, 0.15) is 0 Å². The number of hydrogen-bond donors (Lipinski definition) is 0. The quantitative estimate of drug-likeness (QED) is 0.664. The van der Waals surface area contributed by atoms with Gasteiger partial charge in [-0.2, -0.15) is 0 Å². The third kappa shape index (κ3) is 4.52. The molecule has 6 heteroatoms. The van der Waals surface area contributed by atoms with Crippen molar-refractivity contribution in [3.05, 3.63) is 65.6 Å². The highest BCUT2D eigenvalue weighted by molar-refractivity contribution is 7.13. The first-order valence-corrected chi connectivity index (χ1v) is 9.82. The Morgan fingerprint density at radius 3 is 2.58 bits per heavy atom. The summed E-state index contributed by atoms with van der Waals surface area (Å²) < 4.78 is 6.03. The number of rotatable bonds is 6. The van der Waals surface area contributed by atoms with Crippen LogP contribution in [0.5, 0.6) is 0 Å². The zero-order valence-corrected chi connectivity index (χ0v) is 15.4. The second-order valence-corrected chi connectivity index (χ2v) is 7.49. The summed E-state index contributed by atoms with van der Waals surface area (Å²) in [6, 6.07) is 8.09. The summed E-state index contributed by atoms with van der Waals surface area (Å²) in [5.41, 5.74) is 2.30. The van der Waals surface area contributed by atoms with Crippen LogP contribution in [-0.2, 0) is 17.9 Å². The Bertz CT molecular complexity index is 784. The maximum Gasteiger partial charge on any atom is 0.169 e. The lowest BCUT2D eigenvalue weighted by Crippen LogP contribution is -2.36. The Morgan fingerprint density at radius 2 is 1.88 bits per heavy atom. The molecule has 1 aliphatic rings. The molecule has 3 aromatic rings. The molecule has 134 valence electrons. The summed E-state index contributed by atoms with van der Waals surface area (Å²) in [5, 5.41) is 2.05. The van der Waals surface area contributed by atoms with Crippen molar-refractivity contribution in [1.82, 2.24) is 19.9 Å². The number of pyridine rings is 1. The third-order valence-corrected chi connectivity index (χ3v) is 5.46. The number of ether oxygens (including phenoxy) is 1. The van der Waals surface area contributed by atoms with Crippen molar-refractivity contribution in [3.8, 4) is 10.7 Å². The number of piperidine rings is 1. The van der Waals surface area contributed by atoms with Crippen molar-refractivity contribution in [1.29, 1.82) is 0 Å². The monoisotopic (exact) mass is 366 g/mol. The Kier molecular flexibility index (Phi) is 5.64. The van der Waals surface area contributed by atoms with Gasteiger partial charge in [0.15, 0.2) is 5.82 Å². The second kappa shape index (κ2) is 8.49. The molecule has 0 atom stereocenters. The normalized spacial score (nSPS) is 16.0. The summed E-state index contributed by atoms with van der Waals surface area (Å²) in [4.78, 5) is 16.7. The van der Waals surface area contributed by atoms with E-state index in [9.17, 15) is 0 Å². The first kappa shape index (κ1) is 17.3. The summed E-state index contributed by atoms with van der Waals surface area (Å²) in [6.07, 6.45) is 10.0. The van der Waals surface area contributed by atoms with Crippen LogP contribution in [0.15, 0.2) is 54.4 Å². The number of aromatic nitrogens is 3. The van der Waals surface area contributed by atoms with Crippen molar-refractivity contribution in [2.75, 3.05) is 13.1 Å². The lowest BCUT2D eigenvalue weighted by molar-refractivity contribution is -0.00406. The molecule has 26 heavy (non-hydrogen) atoms. The van der Waals surface area contributed by atoms with Gasteiger partial charge < -0.3 is 4.74 Å². The highest BCUT2D eigenvalue weighted by Gasteiger charge is 2.20. The van der Waals surface area contributed by atoms with Crippen LogP contribution >= 0.6 is 11.3 Å². The van der Waals surface area contributed by atoms with Gasteiger partial charge in [0, 0.05) is 50.0 Å². The van der Waals surface area contributed by atoms with Crippen LogP contribution in [0.25, 0.3) is 10.7 Å². The van der Waals surface area contributed by atoms with Crippen LogP contribution in [0.4, 0.5) is 0 Å². The van der Waals surface area contributed by atoms with Crippen molar-refractivity contribution in [2.24, 2.45) is 0 Å². The minimum Gasteiger partial charge on any atom is -0.373 e. The summed E-state index contributed by atoms with van der Waals surface area (Å²) in [5.74, 6) is 0.811. The minimum absolute atomic E-state index is 0.337. The highest BCUT2D eigenvalue weighted by atomic mass is 32.1. The minimum atomic E-state index is 0.337. The molecule has 1 aliphatic heterocycles. The van der Waals surface area contributed by atoms with Crippen LogP contribution in [-0.4, -0.2) is 39.0 Å². The SMILES string of the molecule is c1cncc(COC2CCN(Cc3cnc(-c4cccs4)nc3)CC2)c1. The molecule has 0 radical (unpaired) electrons. The van der Waals surface area contributed by atoms with Crippen molar-refractivity contribution < 1.29 is 4.74 Å². The zero-order valence-electron chi connectivity index (χ0n) is 14.6. The number of nitrogens with zero attached hydrogens (tertiary/aromatic N) is 4. The van der Waals surface area contributed by atoms with Crippen molar-refractivity contribution in [2.45, 2.75) is 32.1 Å². The lowest BCUT2D eigenvalue weighted by atomic mass is 10.1. The van der Waals surface area contributed by atoms with E-state index in [1.54, 1.807) is 17.5 Å². The average molecular weight is 366 g/mol. The van der Waals surface area contributed by atoms with E-state index in [-0.39, 0.29) is 0 Å². The molecule has 0 N–H and O–H groups in total. The zero-order chi connectivity index (χ0) is 17.6. The maximum absolute atomic E-state index is 6.03. The van der Waals surface area contributed by atoms with E-state index in [4.69, 9.17) is 4.74 Å². The van der Waals surface area contributed by atoms with E-state index in [0.717, 1.165) is 48.7 Å². The molecule has 3 aromatic heterocycles. The van der Waals surface area contributed by atoms with Gasteiger partial charge in [0.05, 0.1) is 17.6 Å². The first-order valence-electron chi connectivity index (χ1n) is 8.94. The van der Waals surface area contributed by atoms with Crippen LogP contribution < -0.4 is 0 Å². The fraction of sp³-hybridized carbons (Fsp3) is 0.350. The largest absolute Gasteiger partial charge is 0.373 e.